The molecule has 15 heavy (non-hydrogen) atoms. The van der Waals surface area contributed by atoms with E-state index in [1.165, 1.54) is 0 Å². The molecule has 0 saturated carbocycles. The lowest BCUT2D eigenvalue weighted by Crippen LogP contribution is -2.55. The van der Waals surface area contributed by atoms with Gasteiger partial charge in [-0.1, -0.05) is 0 Å². The van der Waals surface area contributed by atoms with Crippen LogP contribution < -0.4 is 5.32 Å². The van der Waals surface area contributed by atoms with Crippen molar-refractivity contribution >= 4 is 11.8 Å². The van der Waals surface area contributed by atoms with Gasteiger partial charge in [-0.05, 0) is 20.9 Å². The Bertz CT molecular complexity index is 255. The number of carbonyl (C=O) groups is 2. The number of hydrogen-bond acceptors (Lipinski definition) is 3. The van der Waals surface area contributed by atoms with Crippen LogP contribution in [-0.4, -0.2) is 60.9 Å². The van der Waals surface area contributed by atoms with Crippen LogP contribution in [0.15, 0.2) is 0 Å². The van der Waals surface area contributed by atoms with E-state index in [9.17, 15) is 9.59 Å². The Kier molecular flexibility index (Phi) is 4.08. The van der Waals surface area contributed by atoms with Crippen LogP contribution in [0.2, 0.25) is 0 Å². The molecule has 1 rings (SSSR count). The maximum atomic E-state index is 11.7. The fourth-order valence-corrected chi connectivity index (χ4v) is 1.58. The average Bonchev–Trinajstić information content (AvgIpc) is 2.22. The number of carbonyl (C=O) groups excluding carboxylic acids is 2. The minimum atomic E-state index is 0.0403. The normalized spacial score (nSPS) is 19.7. The molecule has 1 aliphatic rings. The zero-order valence-corrected chi connectivity index (χ0v) is 9.62. The van der Waals surface area contributed by atoms with E-state index in [-0.39, 0.29) is 30.9 Å². The summed E-state index contributed by atoms with van der Waals surface area (Å²) in [6, 6.07) is 0.218. The third kappa shape index (κ3) is 2.92. The lowest BCUT2D eigenvalue weighted by atomic mass is 10.2. The molecule has 0 bridgehead atoms. The summed E-state index contributed by atoms with van der Waals surface area (Å²) >= 11 is 0. The van der Waals surface area contributed by atoms with Crippen LogP contribution in [-0.2, 0) is 9.59 Å². The third-order valence-corrected chi connectivity index (χ3v) is 2.73. The highest BCUT2D eigenvalue weighted by atomic mass is 16.2. The first-order valence-corrected chi connectivity index (χ1v) is 5.31. The number of nitrogens with one attached hydrogen (secondary N) is 1. The first-order chi connectivity index (χ1) is 7.08. The summed E-state index contributed by atoms with van der Waals surface area (Å²) in [5, 5.41) is 3.05. The van der Waals surface area contributed by atoms with Crippen LogP contribution in [0.25, 0.3) is 0 Å². The van der Waals surface area contributed by atoms with E-state index in [1.54, 1.807) is 9.80 Å². The van der Waals surface area contributed by atoms with E-state index in [0.29, 0.717) is 13.1 Å². The topological polar surface area (TPSA) is 52.7 Å². The van der Waals surface area contributed by atoms with Crippen molar-refractivity contribution in [1.82, 2.24) is 15.1 Å². The molecular formula is C10H19N3O2. The Morgan fingerprint density at radius 2 is 1.80 bits per heavy atom. The number of likely N-dealkylation sites (N-methyl/N-ethyl adjacent to an activating group) is 2. The summed E-state index contributed by atoms with van der Waals surface area (Å²) < 4.78 is 0. The van der Waals surface area contributed by atoms with Gasteiger partial charge < -0.3 is 15.1 Å². The Hall–Kier alpha value is -1.10. The molecule has 1 fully saturated rings. The maximum absolute atomic E-state index is 11.7. The molecule has 5 heteroatoms. The monoisotopic (exact) mass is 213 g/mol. The van der Waals surface area contributed by atoms with E-state index >= 15 is 0 Å². The van der Waals surface area contributed by atoms with Crippen LogP contribution in [0, 0.1) is 0 Å². The lowest BCUT2D eigenvalue weighted by molar-refractivity contribution is -0.150. The van der Waals surface area contributed by atoms with Crippen molar-refractivity contribution in [2.24, 2.45) is 0 Å². The van der Waals surface area contributed by atoms with Crippen LogP contribution in [0.1, 0.15) is 13.8 Å². The molecule has 0 aliphatic carbocycles. The predicted molar refractivity (Wildman–Crippen MR) is 57.4 cm³/mol. The molecule has 0 radical (unpaired) electrons. The minimum Gasteiger partial charge on any atom is -0.332 e. The van der Waals surface area contributed by atoms with Gasteiger partial charge in [0.25, 0.3) is 0 Å². The molecule has 1 unspecified atom stereocenters. The second kappa shape index (κ2) is 5.11. The standard InChI is InChI=1S/C10H19N3O2/c1-4-12-6-10(15)13(7-9(12)14)5-8(2)11-3/h8,11H,4-7H2,1-3H3. The molecule has 86 valence electrons. The maximum Gasteiger partial charge on any atom is 0.242 e. The van der Waals surface area contributed by atoms with Gasteiger partial charge in [-0.25, -0.2) is 0 Å². The molecule has 1 N–H and O–H groups in total. The Morgan fingerprint density at radius 1 is 1.27 bits per heavy atom. The van der Waals surface area contributed by atoms with Crippen molar-refractivity contribution in [1.29, 1.82) is 0 Å². The fraction of sp³-hybridized carbons (Fsp3) is 0.800. The van der Waals surface area contributed by atoms with Crippen molar-refractivity contribution in [2.75, 3.05) is 33.2 Å². The van der Waals surface area contributed by atoms with Crippen LogP contribution in [0.5, 0.6) is 0 Å². The summed E-state index contributed by atoms with van der Waals surface area (Å²) in [5.74, 6) is 0.0824. The molecule has 0 aromatic rings. The van der Waals surface area contributed by atoms with Gasteiger partial charge in [-0.2, -0.15) is 0 Å². The summed E-state index contributed by atoms with van der Waals surface area (Å²) in [6.45, 7) is 5.53. The highest BCUT2D eigenvalue weighted by molar-refractivity contribution is 5.92. The predicted octanol–water partition coefficient (Wildman–Crippen LogP) is -0.715. The second-order valence-electron chi connectivity index (χ2n) is 3.87. The smallest absolute Gasteiger partial charge is 0.242 e. The first-order valence-electron chi connectivity index (χ1n) is 5.31. The number of nitrogens with zero attached hydrogens (tertiary/aromatic N) is 2. The molecule has 1 heterocycles. The molecule has 0 aromatic carbocycles. The summed E-state index contributed by atoms with van der Waals surface area (Å²) in [6.07, 6.45) is 0. The largest absolute Gasteiger partial charge is 0.332 e. The van der Waals surface area contributed by atoms with Crippen LogP contribution in [0.4, 0.5) is 0 Å². The van der Waals surface area contributed by atoms with E-state index in [4.69, 9.17) is 0 Å². The molecule has 0 aromatic heterocycles. The van der Waals surface area contributed by atoms with Crippen LogP contribution >= 0.6 is 0 Å². The van der Waals surface area contributed by atoms with Crippen molar-refractivity contribution < 1.29 is 9.59 Å². The zero-order chi connectivity index (χ0) is 11.4. The highest BCUT2D eigenvalue weighted by Crippen LogP contribution is 2.05. The third-order valence-electron chi connectivity index (χ3n) is 2.73. The zero-order valence-electron chi connectivity index (χ0n) is 9.62. The van der Waals surface area contributed by atoms with Gasteiger partial charge in [-0.15, -0.1) is 0 Å². The van der Waals surface area contributed by atoms with Crippen molar-refractivity contribution in [3.05, 3.63) is 0 Å². The molecule has 1 saturated heterocycles. The van der Waals surface area contributed by atoms with Gasteiger partial charge in [0.05, 0.1) is 13.1 Å². The van der Waals surface area contributed by atoms with E-state index in [2.05, 4.69) is 5.32 Å². The van der Waals surface area contributed by atoms with Crippen LogP contribution in [0.3, 0.4) is 0 Å². The van der Waals surface area contributed by atoms with Gasteiger partial charge in [0, 0.05) is 19.1 Å². The Balaban J connectivity index is 2.55. The van der Waals surface area contributed by atoms with E-state index in [0.717, 1.165) is 0 Å². The number of hydrogen-bond donors (Lipinski definition) is 1. The lowest BCUT2D eigenvalue weighted by Gasteiger charge is -2.34. The number of rotatable bonds is 4. The van der Waals surface area contributed by atoms with Gasteiger partial charge in [0.15, 0.2) is 0 Å². The summed E-state index contributed by atoms with van der Waals surface area (Å²) in [7, 11) is 1.85. The van der Waals surface area contributed by atoms with E-state index in [1.807, 2.05) is 20.9 Å². The SMILES string of the molecule is CCN1CC(=O)N(CC(C)NC)CC1=O. The molecular weight excluding hydrogens is 194 g/mol. The van der Waals surface area contributed by atoms with Gasteiger partial charge in [0.1, 0.15) is 0 Å². The van der Waals surface area contributed by atoms with Gasteiger partial charge >= 0.3 is 0 Å². The number of amides is 2. The first kappa shape index (κ1) is 12.0. The molecule has 1 atom stereocenters. The number of piperazine rings is 1. The summed E-state index contributed by atoms with van der Waals surface area (Å²) in [4.78, 5) is 26.4. The quantitative estimate of drug-likeness (QED) is 0.671. The van der Waals surface area contributed by atoms with Crippen molar-refractivity contribution in [3.63, 3.8) is 0 Å². The average molecular weight is 213 g/mol. The Morgan fingerprint density at radius 3 is 2.33 bits per heavy atom. The van der Waals surface area contributed by atoms with Gasteiger partial charge in [0.2, 0.25) is 11.8 Å². The molecule has 1 aliphatic heterocycles. The van der Waals surface area contributed by atoms with Crippen molar-refractivity contribution in [3.8, 4) is 0 Å². The summed E-state index contributed by atoms with van der Waals surface area (Å²) in [5.41, 5.74) is 0. The molecule has 2 amide bonds. The molecule has 0 spiro atoms. The second-order valence-corrected chi connectivity index (χ2v) is 3.87. The van der Waals surface area contributed by atoms with Gasteiger partial charge in [-0.3, -0.25) is 9.59 Å². The van der Waals surface area contributed by atoms with E-state index < -0.39 is 0 Å². The Labute approximate surface area is 90.4 Å². The highest BCUT2D eigenvalue weighted by Gasteiger charge is 2.29. The minimum absolute atomic E-state index is 0.0403. The fourth-order valence-electron chi connectivity index (χ4n) is 1.58. The molecule has 5 nitrogen and oxygen atoms in total. The van der Waals surface area contributed by atoms with Crippen molar-refractivity contribution in [2.45, 2.75) is 19.9 Å².